The average molecular weight is 760 g/mol. The summed E-state index contributed by atoms with van der Waals surface area (Å²) in [7, 11) is 0. The molecule has 5 heteroatoms. The summed E-state index contributed by atoms with van der Waals surface area (Å²) in [6.45, 7) is 6.18. The molecule has 8 aromatic rings. The molecule has 0 aliphatic carbocycles. The molecule has 0 atom stereocenters. The fraction of sp³-hybridized carbons (Fsp3) is 0.0750. The van der Waals surface area contributed by atoms with Crippen LogP contribution in [0.2, 0.25) is 0 Å². The molecular formula is C40H29IrN3O-2. The fourth-order valence-corrected chi connectivity index (χ4v) is 5.56. The zero-order chi connectivity index (χ0) is 30.0. The van der Waals surface area contributed by atoms with Gasteiger partial charge in [-0.05, 0) is 83.4 Å². The van der Waals surface area contributed by atoms with Crippen LogP contribution < -0.4 is 0 Å². The first-order valence-electron chi connectivity index (χ1n) is 14.6. The average Bonchev–Trinajstić information content (AvgIpc) is 3.44. The van der Waals surface area contributed by atoms with Gasteiger partial charge in [0.25, 0.3) is 0 Å². The second-order valence-electron chi connectivity index (χ2n) is 10.9. The minimum atomic E-state index is 0. The van der Waals surface area contributed by atoms with Crippen molar-refractivity contribution in [3.8, 4) is 33.6 Å². The van der Waals surface area contributed by atoms with Crippen molar-refractivity contribution in [3.63, 3.8) is 0 Å². The Hall–Kier alpha value is -4.96. The number of hydrogen-bond acceptors (Lipinski definition) is 4. The molecule has 45 heavy (non-hydrogen) atoms. The van der Waals surface area contributed by atoms with E-state index in [9.17, 15) is 0 Å². The molecular weight excluding hydrogens is 731 g/mol. The van der Waals surface area contributed by atoms with E-state index in [2.05, 4.69) is 94.7 Å². The van der Waals surface area contributed by atoms with Crippen LogP contribution in [0.1, 0.15) is 16.8 Å². The van der Waals surface area contributed by atoms with Gasteiger partial charge in [0.1, 0.15) is 0 Å². The molecule has 0 spiro atoms. The fourth-order valence-electron chi connectivity index (χ4n) is 5.56. The van der Waals surface area contributed by atoms with E-state index in [1.54, 1.807) is 0 Å². The number of benzene rings is 4. The summed E-state index contributed by atoms with van der Waals surface area (Å²) in [5.41, 5.74) is 10.9. The Morgan fingerprint density at radius 1 is 0.667 bits per heavy atom. The Morgan fingerprint density at radius 3 is 2.36 bits per heavy atom. The molecule has 0 aliphatic heterocycles. The van der Waals surface area contributed by atoms with E-state index in [-0.39, 0.29) is 20.1 Å². The third-order valence-electron chi connectivity index (χ3n) is 7.86. The molecule has 4 nitrogen and oxygen atoms in total. The maximum absolute atomic E-state index is 6.16. The van der Waals surface area contributed by atoms with E-state index in [0.29, 0.717) is 5.71 Å². The van der Waals surface area contributed by atoms with Crippen molar-refractivity contribution in [2.24, 2.45) is 0 Å². The number of nitrogens with zero attached hydrogens (tertiary/aromatic N) is 3. The maximum atomic E-state index is 6.16. The van der Waals surface area contributed by atoms with Crippen molar-refractivity contribution in [2.45, 2.75) is 20.8 Å². The van der Waals surface area contributed by atoms with Crippen molar-refractivity contribution in [3.05, 3.63) is 151 Å². The summed E-state index contributed by atoms with van der Waals surface area (Å²) in [5.74, 6) is 0. The third-order valence-corrected chi connectivity index (χ3v) is 7.86. The Labute approximate surface area is 276 Å². The van der Waals surface area contributed by atoms with E-state index in [4.69, 9.17) is 4.42 Å². The van der Waals surface area contributed by atoms with Crippen LogP contribution in [0.5, 0.6) is 0 Å². The monoisotopic (exact) mass is 760 g/mol. The topological polar surface area (TPSA) is 51.8 Å². The molecule has 0 unspecified atom stereocenters. The van der Waals surface area contributed by atoms with Gasteiger partial charge in [0, 0.05) is 43.6 Å². The molecule has 0 saturated heterocycles. The summed E-state index contributed by atoms with van der Waals surface area (Å²) in [4.78, 5) is 13.5. The van der Waals surface area contributed by atoms with Crippen molar-refractivity contribution in [2.75, 3.05) is 0 Å². The Balaban J connectivity index is 0.000000215. The second kappa shape index (κ2) is 13.0. The van der Waals surface area contributed by atoms with Gasteiger partial charge in [0.05, 0.1) is 5.58 Å². The predicted octanol–water partition coefficient (Wildman–Crippen LogP) is 10.1. The summed E-state index contributed by atoms with van der Waals surface area (Å²) in [5, 5.41) is 4.56. The Bertz CT molecular complexity index is 2260. The quantitative estimate of drug-likeness (QED) is 0.168. The van der Waals surface area contributed by atoms with Gasteiger partial charge in [-0.3, -0.25) is 0 Å². The molecule has 0 N–H and O–H groups in total. The van der Waals surface area contributed by atoms with Crippen molar-refractivity contribution < 1.29 is 24.5 Å². The molecule has 0 bridgehead atoms. The molecule has 4 heterocycles. The van der Waals surface area contributed by atoms with Gasteiger partial charge in [-0.2, -0.15) is 0 Å². The van der Waals surface area contributed by atoms with Crippen LogP contribution >= 0.6 is 0 Å². The number of pyridine rings is 3. The molecule has 4 aromatic carbocycles. The van der Waals surface area contributed by atoms with Crippen LogP contribution in [-0.4, -0.2) is 15.0 Å². The first-order chi connectivity index (χ1) is 21.5. The molecule has 1 radical (unpaired) electrons. The number of fused-ring (bicyclic) bond motifs is 4. The minimum absolute atomic E-state index is 0. The van der Waals surface area contributed by atoms with E-state index in [1.165, 1.54) is 27.5 Å². The van der Waals surface area contributed by atoms with E-state index in [1.807, 2.05) is 74.8 Å². The standard InChI is InChI=1S/C28H19N2O.C12H10N.Ir/c1-17-10-12-24-23-8-5-9-25(27(23)31-28(24)30-17)26-16-20(14-15-29-26)22-13-11-19-6-3-4-7-21(19)18(22)2;1-10-7-8-12(13-9-10)11-5-3-2-4-6-11;/h3-8,10-16H,1-2H3;2-5,7-9H,1H3;/q2*-1;. The van der Waals surface area contributed by atoms with Crippen molar-refractivity contribution >= 4 is 32.8 Å². The molecule has 0 aliphatic rings. The van der Waals surface area contributed by atoms with Crippen molar-refractivity contribution in [1.82, 2.24) is 15.0 Å². The smallest absolute Gasteiger partial charge is 0.216 e. The zero-order valence-corrected chi connectivity index (χ0v) is 27.5. The number of furan rings is 1. The molecule has 0 saturated carbocycles. The molecule has 221 valence electrons. The maximum Gasteiger partial charge on any atom is 0.216 e. The van der Waals surface area contributed by atoms with Crippen LogP contribution in [0.15, 0.2) is 126 Å². The summed E-state index contributed by atoms with van der Waals surface area (Å²) < 4.78 is 6.16. The minimum Gasteiger partial charge on any atom is -0.486 e. The first-order valence-corrected chi connectivity index (χ1v) is 14.6. The van der Waals surface area contributed by atoms with Crippen LogP contribution in [0.4, 0.5) is 0 Å². The number of aromatic nitrogens is 3. The molecule has 4 aromatic heterocycles. The number of aryl methyl sites for hydroxylation is 3. The van der Waals surface area contributed by atoms with Gasteiger partial charge < -0.3 is 14.4 Å². The predicted molar refractivity (Wildman–Crippen MR) is 179 cm³/mol. The van der Waals surface area contributed by atoms with Gasteiger partial charge in [0.15, 0.2) is 0 Å². The van der Waals surface area contributed by atoms with Gasteiger partial charge in [-0.15, -0.1) is 54.1 Å². The van der Waals surface area contributed by atoms with Crippen molar-refractivity contribution in [1.29, 1.82) is 0 Å². The van der Waals surface area contributed by atoms with Gasteiger partial charge >= 0.3 is 0 Å². The van der Waals surface area contributed by atoms with E-state index in [0.717, 1.165) is 50.1 Å². The number of rotatable bonds is 3. The summed E-state index contributed by atoms with van der Waals surface area (Å²) in [6.07, 6.45) is 3.73. The normalized spacial score (nSPS) is 10.8. The molecule has 0 fully saturated rings. The van der Waals surface area contributed by atoms with Gasteiger partial charge in [0.2, 0.25) is 5.71 Å². The van der Waals surface area contributed by atoms with Gasteiger partial charge in [-0.1, -0.05) is 65.5 Å². The first kappa shape index (κ1) is 30.1. The summed E-state index contributed by atoms with van der Waals surface area (Å²) in [6, 6.07) is 43.5. The van der Waals surface area contributed by atoms with Gasteiger partial charge in [-0.25, -0.2) is 4.98 Å². The Kier molecular flexibility index (Phi) is 8.66. The van der Waals surface area contributed by atoms with Crippen LogP contribution in [-0.2, 0) is 20.1 Å². The summed E-state index contributed by atoms with van der Waals surface area (Å²) >= 11 is 0. The van der Waals surface area contributed by atoms with Crippen LogP contribution in [0.3, 0.4) is 0 Å². The number of hydrogen-bond donors (Lipinski definition) is 0. The van der Waals surface area contributed by atoms with E-state index >= 15 is 0 Å². The van der Waals surface area contributed by atoms with Crippen LogP contribution in [0.25, 0.3) is 66.5 Å². The SMILES string of the molecule is Cc1ccc(-c2[c-]cccc2)nc1.Cc1ccc2c(n1)oc1c(-c3cc(-c4ccc5ccccc5c4C)ccn3)[c-]ccc12.[Ir]. The molecule has 8 rings (SSSR count). The Morgan fingerprint density at radius 2 is 1.53 bits per heavy atom. The van der Waals surface area contributed by atoms with Crippen LogP contribution in [0, 0.1) is 32.9 Å². The second-order valence-corrected chi connectivity index (χ2v) is 10.9. The zero-order valence-electron chi connectivity index (χ0n) is 25.1. The van der Waals surface area contributed by atoms with E-state index < -0.39 is 0 Å². The third kappa shape index (κ3) is 6.06. The molecule has 0 amide bonds. The largest absolute Gasteiger partial charge is 0.486 e.